The molecule has 13 heteroatoms. The molecule has 0 aromatic heterocycles. The van der Waals surface area contributed by atoms with E-state index in [0.29, 0.717) is 24.8 Å². The summed E-state index contributed by atoms with van der Waals surface area (Å²) in [5.41, 5.74) is -0.637. The molecule has 0 aromatic carbocycles. The molecule has 2 unspecified atom stereocenters. The van der Waals surface area contributed by atoms with E-state index in [1.807, 2.05) is 13.8 Å². The lowest BCUT2D eigenvalue weighted by Crippen LogP contribution is -2.31. The molecule has 1 heterocycles. The summed E-state index contributed by atoms with van der Waals surface area (Å²) < 4.78 is 36.0. The zero-order valence-electron chi connectivity index (χ0n) is 17.5. The Balaban J connectivity index is 0. The molecule has 0 aliphatic carbocycles. The molecular weight excluding hydrogens is 427 g/mol. The van der Waals surface area contributed by atoms with Gasteiger partial charge in [0.05, 0.1) is 6.10 Å². The van der Waals surface area contributed by atoms with E-state index in [-0.39, 0.29) is 24.2 Å². The molecule has 2 atom stereocenters. The van der Waals surface area contributed by atoms with Crippen LogP contribution in [0.4, 0.5) is 0 Å². The van der Waals surface area contributed by atoms with E-state index in [4.69, 9.17) is 19.6 Å². The van der Waals surface area contributed by atoms with Crippen LogP contribution in [-0.4, -0.2) is 79.0 Å². The molecule has 11 nitrogen and oxygen atoms in total. The maximum Gasteiger partial charge on any atom is 0.344 e. The molecule has 0 radical (unpaired) electrons. The maximum absolute atomic E-state index is 11.5. The van der Waals surface area contributed by atoms with Crippen LogP contribution < -0.4 is 5.32 Å². The number of likely N-dealkylation sites (N-methyl/N-ethyl adjacent to an activating group) is 1. The lowest BCUT2D eigenvalue weighted by Gasteiger charge is -2.33. The molecule has 2 amide bonds. The number of nitrogens with zero attached hydrogens (tertiary/aromatic N) is 1. The first kappa shape index (κ1) is 30.2. The normalized spacial score (nSPS) is 19.9. The van der Waals surface area contributed by atoms with Crippen LogP contribution in [0.3, 0.4) is 0 Å². The molecule has 0 spiro atoms. The van der Waals surface area contributed by atoms with Crippen molar-refractivity contribution in [1.82, 2.24) is 10.2 Å². The van der Waals surface area contributed by atoms with Crippen LogP contribution >= 0.6 is 18.2 Å². The highest BCUT2D eigenvalue weighted by Crippen LogP contribution is 2.53. The summed E-state index contributed by atoms with van der Waals surface area (Å²) in [6.45, 7) is 5.55. The van der Waals surface area contributed by atoms with Gasteiger partial charge in [-0.15, -0.1) is 0 Å². The second-order valence-electron chi connectivity index (χ2n) is 5.82. The van der Waals surface area contributed by atoms with Crippen LogP contribution in [0.15, 0.2) is 11.8 Å². The molecule has 1 rings (SSSR count). The van der Waals surface area contributed by atoms with Gasteiger partial charge in [0.2, 0.25) is 12.3 Å². The average molecular weight is 463 g/mol. The Kier molecular flexibility index (Phi) is 15.5. The Hall–Kier alpha value is -0.980. The summed E-state index contributed by atoms with van der Waals surface area (Å²) in [7, 11) is -5.43. The molecule has 6 N–H and O–H groups in total. The van der Waals surface area contributed by atoms with Crippen molar-refractivity contribution in [3.63, 3.8) is 0 Å². The Morgan fingerprint density at radius 3 is 2.28 bits per heavy atom. The van der Waals surface area contributed by atoms with Crippen LogP contribution in [0.5, 0.6) is 0 Å². The number of amides is 2. The van der Waals surface area contributed by atoms with Gasteiger partial charge in [-0.1, -0.05) is 13.8 Å². The van der Waals surface area contributed by atoms with Crippen LogP contribution in [0.2, 0.25) is 0 Å². The summed E-state index contributed by atoms with van der Waals surface area (Å²) in [6, 6.07) is 0. The highest BCUT2D eigenvalue weighted by Gasteiger charge is 2.31. The lowest BCUT2D eigenvalue weighted by atomic mass is 10.2. The van der Waals surface area contributed by atoms with Crippen LogP contribution in [0.1, 0.15) is 40.0 Å². The van der Waals surface area contributed by atoms with Gasteiger partial charge in [0.1, 0.15) is 11.7 Å². The summed E-state index contributed by atoms with van der Waals surface area (Å²) in [6.07, 6.45) is 2.21. The van der Waals surface area contributed by atoms with E-state index in [0.717, 1.165) is 7.11 Å². The van der Waals surface area contributed by atoms with Crippen LogP contribution in [0, 0.1) is 0 Å². The van der Waals surface area contributed by atoms with Gasteiger partial charge in [0.25, 0.3) is 0 Å². The topological polar surface area (TPSA) is 177 Å². The zero-order valence-corrected chi connectivity index (χ0v) is 19.2. The van der Waals surface area contributed by atoms with Gasteiger partial charge in [0, 0.05) is 31.7 Å². The number of nitrogens with one attached hydrogen (secondary N) is 1. The Bertz CT molecular complexity index is 569. The summed E-state index contributed by atoms with van der Waals surface area (Å²) in [5, 5.41) is 9.44. The fourth-order valence-electron chi connectivity index (χ4n) is 2.43. The first-order valence-corrected chi connectivity index (χ1v) is 12.7. The van der Waals surface area contributed by atoms with Crippen molar-refractivity contribution < 1.29 is 42.9 Å². The predicted molar refractivity (Wildman–Crippen MR) is 112 cm³/mol. The van der Waals surface area contributed by atoms with Crippen LogP contribution in [0.25, 0.3) is 0 Å². The lowest BCUT2D eigenvalue weighted by molar-refractivity contribution is -0.126. The molecule has 29 heavy (non-hydrogen) atoms. The Morgan fingerprint density at radius 2 is 1.83 bits per heavy atom. The summed E-state index contributed by atoms with van der Waals surface area (Å²) in [5.74, 6) is -0.517. The predicted octanol–water partition coefficient (Wildman–Crippen LogP) is 1.51. The van der Waals surface area contributed by atoms with Crippen molar-refractivity contribution in [3.8, 4) is 0 Å². The van der Waals surface area contributed by atoms with Crippen molar-refractivity contribution in [3.05, 3.63) is 11.8 Å². The van der Waals surface area contributed by atoms with E-state index in [1.54, 1.807) is 6.92 Å². The monoisotopic (exact) mass is 462 g/mol. The number of carbonyl (C=O) groups excluding carboxylic acids is 2. The van der Waals surface area contributed by atoms with Crippen molar-refractivity contribution >= 4 is 30.5 Å². The van der Waals surface area contributed by atoms with Gasteiger partial charge in [-0.05, 0) is 26.2 Å². The Labute approximate surface area is 173 Å². The number of carbonyl (C=O) groups is 2. The fraction of sp³-hybridized carbons (Fsp3) is 0.750. The molecule has 1 fully saturated rings. The molecule has 1 aliphatic rings. The molecule has 0 saturated carbocycles. The number of rotatable bonds is 9. The average Bonchev–Trinajstić information content (AvgIpc) is 3.14. The van der Waals surface area contributed by atoms with E-state index >= 15 is 0 Å². The largest absolute Gasteiger partial charge is 0.400 e. The number of aliphatic hydroxyl groups is 1. The molecule has 0 bridgehead atoms. The molecule has 1 aliphatic heterocycles. The highest BCUT2D eigenvalue weighted by molar-refractivity contribution is 8.27. The highest BCUT2D eigenvalue weighted by atomic mass is 32.3. The van der Waals surface area contributed by atoms with Gasteiger partial charge in [-0.3, -0.25) is 28.2 Å². The Morgan fingerprint density at radius 1 is 1.28 bits per heavy atom. The summed E-state index contributed by atoms with van der Waals surface area (Å²) >= 11 is 0. The number of ether oxygens (including phenoxy) is 1. The molecule has 174 valence electrons. The quantitative estimate of drug-likeness (QED) is 0.168. The van der Waals surface area contributed by atoms with Crippen molar-refractivity contribution in [1.29, 1.82) is 0 Å². The number of hydrogen-bond acceptors (Lipinski definition) is 7. The van der Waals surface area contributed by atoms with Crippen molar-refractivity contribution in [2.75, 3.05) is 25.4 Å². The van der Waals surface area contributed by atoms with Gasteiger partial charge in [0.15, 0.2) is 0 Å². The van der Waals surface area contributed by atoms with Gasteiger partial charge >= 0.3 is 7.60 Å². The SMILES string of the molecule is CC.CNC(=O)/C(C)=C\N(C=O)C1CCC(CCS(O)(O)CP(=O)(O)O)O1.CO. The van der Waals surface area contributed by atoms with E-state index in [1.165, 1.54) is 18.1 Å². The standard InChI is InChI=1S/C13H25N2O8PS.C2H6.CH4O/c1-10(13(17)14-2)7-15(8-16)12-4-3-11(23-12)5-6-25(21,22)9-24(18,19)20;2*1-2/h7-8,11-12,21-22H,3-6,9H2,1-2H3,(H,14,17)(H2,18,19,20);1-2H3;2H,1H3/b10-7-;;. The van der Waals surface area contributed by atoms with Gasteiger partial charge in [-0.25, -0.2) is 0 Å². The smallest absolute Gasteiger partial charge is 0.344 e. The van der Waals surface area contributed by atoms with E-state index in [9.17, 15) is 23.3 Å². The number of hydrogen-bond donors (Lipinski definition) is 6. The van der Waals surface area contributed by atoms with E-state index < -0.39 is 29.9 Å². The molecule has 0 aromatic rings. The number of aliphatic hydroxyl groups excluding tert-OH is 1. The second-order valence-corrected chi connectivity index (χ2v) is 10.2. The summed E-state index contributed by atoms with van der Waals surface area (Å²) in [4.78, 5) is 41.6. The molecule has 1 saturated heterocycles. The third kappa shape index (κ3) is 13.0. The first-order chi connectivity index (χ1) is 13.5. The molecular formula is C16H35N2O9PS. The van der Waals surface area contributed by atoms with E-state index in [2.05, 4.69) is 5.32 Å². The fourth-order valence-corrected chi connectivity index (χ4v) is 5.74. The minimum atomic E-state index is -4.51. The van der Waals surface area contributed by atoms with Gasteiger partial charge < -0.3 is 24.9 Å². The minimum Gasteiger partial charge on any atom is -0.400 e. The van der Waals surface area contributed by atoms with Crippen molar-refractivity contribution in [2.24, 2.45) is 0 Å². The third-order valence-corrected chi connectivity index (χ3v) is 7.50. The second kappa shape index (κ2) is 14.9. The van der Waals surface area contributed by atoms with Crippen molar-refractivity contribution in [2.45, 2.75) is 52.4 Å². The van der Waals surface area contributed by atoms with Gasteiger partial charge in [-0.2, -0.15) is 10.6 Å². The van der Waals surface area contributed by atoms with Crippen LogP contribution in [-0.2, 0) is 18.9 Å². The zero-order chi connectivity index (χ0) is 23.3. The third-order valence-electron chi connectivity index (χ3n) is 3.61. The maximum atomic E-state index is 11.5. The minimum absolute atomic E-state index is 0.191. The first-order valence-electron chi connectivity index (χ1n) is 8.99.